The van der Waals surface area contributed by atoms with E-state index in [4.69, 9.17) is 24.1 Å². The molecule has 28 heavy (non-hydrogen) atoms. The molecule has 2 fully saturated rings. The molecule has 8 heteroatoms. The van der Waals surface area contributed by atoms with E-state index in [0.29, 0.717) is 5.56 Å². The molecule has 7 nitrogen and oxygen atoms in total. The molecule has 2 saturated heterocycles. The lowest BCUT2D eigenvalue weighted by Gasteiger charge is -2.43. The van der Waals surface area contributed by atoms with E-state index in [1.165, 1.54) is 13.2 Å². The molecule has 2 aliphatic rings. The third kappa shape index (κ3) is 4.18. The summed E-state index contributed by atoms with van der Waals surface area (Å²) >= 11 is 0. The topological polar surface area (TPSA) is 82.8 Å². The highest BCUT2D eigenvalue weighted by Crippen LogP contribution is 2.41. The Kier molecular flexibility index (Phi) is 6.64. The average molecular weight is 392 g/mol. The number of carbonyl (C=O) groups is 1. The van der Waals surface area contributed by atoms with Crippen LogP contribution in [0.3, 0.4) is 0 Å². The monoisotopic (exact) mass is 392 g/mol. The van der Waals surface area contributed by atoms with E-state index in [-0.39, 0.29) is 29.7 Å². The zero-order chi connectivity index (χ0) is 20.0. The summed E-state index contributed by atoms with van der Waals surface area (Å²) in [6, 6.07) is 5.22. The summed E-state index contributed by atoms with van der Waals surface area (Å²) in [6.07, 6.45) is 7.45. The van der Waals surface area contributed by atoms with E-state index in [2.05, 4.69) is 9.55 Å². The van der Waals surface area contributed by atoms with Gasteiger partial charge < -0.3 is 23.9 Å². The van der Waals surface area contributed by atoms with Crippen molar-refractivity contribution in [3.63, 3.8) is 0 Å². The molecule has 1 spiro atoms. The molecule has 0 aliphatic carbocycles. The van der Waals surface area contributed by atoms with E-state index >= 15 is 0 Å². The van der Waals surface area contributed by atoms with Crippen molar-refractivity contribution in [3.05, 3.63) is 36.4 Å². The fraction of sp³-hybridized carbons (Fsp3) is 0.500. The summed E-state index contributed by atoms with van der Waals surface area (Å²) in [7, 11) is 1.49. The number of para-hydroxylation sites is 1. The molecular formula is C20H25FN2O5. The average Bonchev–Trinajstić information content (AvgIpc) is 3.19. The molecule has 1 N–H and O–H groups in total. The van der Waals surface area contributed by atoms with Crippen LogP contribution in [0.5, 0.6) is 5.75 Å². The minimum atomic E-state index is -0.373. The molecular weight excluding hydrogens is 367 g/mol. The Hall–Kier alpha value is -2.45. The van der Waals surface area contributed by atoms with Crippen LogP contribution in [0.1, 0.15) is 31.7 Å². The Morgan fingerprint density at radius 1 is 1.36 bits per heavy atom. The quantitative estimate of drug-likeness (QED) is 0.807. The SMILES string of the molecule is COc1c(F)cccc1-c1nccn1C1CCOC2(CCOCC2)C1.O=CO. The van der Waals surface area contributed by atoms with Gasteiger partial charge in [-0.1, -0.05) is 6.07 Å². The Labute approximate surface area is 163 Å². The maximum atomic E-state index is 14.1. The maximum absolute atomic E-state index is 14.1. The molecule has 1 aromatic heterocycles. The van der Waals surface area contributed by atoms with Gasteiger partial charge in [-0.05, 0) is 37.8 Å². The molecule has 0 saturated carbocycles. The van der Waals surface area contributed by atoms with Crippen molar-refractivity contribution in [3.8, 4) is 17.1 Å². The number of imidazole rings is 1. The number of methoxy groups -OCH3 is 1. The fourth-order valence-corrected chi connectivity index (χ4v) is 4.04. The first-order valence-electron chi connectivity index (χ1n) is 9.29. The number of halogens is 1. The smallest absolute Gasteiger partial charge is 0.290 e. The molecule has 4 rings (SSSR count). The maximum Gasteiger partial charge on any atom is 0.290 e. The standard InChI is InChI=1S/C19H23FN2O3.CH2O2/c1-23-17-15(3-2-4-16(17)20)18-21-8-9-22(18)14-5-10-25-19(13-14)6-11-24-12-7-19;2-1-3/h2-4,8-9,14H,5-7,10-13H2,1H3;1H,(H,2,3). The number of hydrogen-bond acceptors (Lipinski definition) is 5. The van der Waals surface area contributed by atoms with Crippen LogP contribution in [0.15, 0.2) is 30.6 Å². The van der Waals surface area contributed by atoms with Crippen molar-refractivity contribution in [1.82, 2.24) is 9.55 Å². The molecule has 1 aromatic carbocycles. The van der Waals surface area contributed by atoms with Gasteiger partial charge in [-0.25, -0.2) is 9.37 Å². The number of aromatic nitrogens is 2. The second kappa shape index (κ2) is 9.16. The molecule has 3 heterocycles. The van der Waals surface area contributed by atoms with Crippen molar-refractivity contribution in [2.24, 2.45) is 0 Å². The molecule has 2 aliphatic heterocycles. The molecule has 0 amide bonds. The van der Waals surface area contributed by atoms with Crippen molar-refractivity contribution in [1.29, 1.82) is 0 Å². The normalized spacial score (nSPS) is 20.9. The Balaban J connectivity index is 0.000000706. The van der Waals surface area contributed by atoms with Gasteiger partial charge in [0.1, 0.15) is 5.82 Å². The Morgan fingerprint density at radius 3 is 2.82 bits per heavy atom. The van der Waals surface area contributed by atoms with Gasteiger partial charge in [0.15, 0.2) is 11.6 Å². The van der Waals surface area contributed by atoms with E-state index < -0.39 is 0 Å². The Bertz CT molecular complexity index is 783. The van der Waals surface area contributed by atoms with Gasteiger partial charge in [-0.2, -0.15) is 0 Å². The third-order valence-corrected chi connectivity index (χ3v) is 5.35. The summed E-state index contributed by atoms with van der Waals surface area (Å²) in [5, 5.41) is 6.89. The van der Waals surface area contributed by atoms with E-state index in [0.717, 1.165) is 51.3 Å². The van der Waals surface area contributed by atoms with Crippen LogP contribution in [-0.4, -0.2) is 53.7 Å². The van der Waals surface area contributed by atoms with Crippen molar-refractivity contribution >= 4 is 6.47 Å². The second-order valence-corrected chi connectivity index (χ2v) is 6.87. The molecule has 152 valence electrons. The predicted molar refractivity (Wildman–Crippen MR) is 99.9 cm³/mol. The first kappa shape index (κ1) is 20.3. The zero-order valence-electron chi connectivity index (χ0n) is 15.8. The van der Waals surface area contributed by atoms with E-state index in [9.17, 15) is 4.39 Å². The lowest BCUT2D eigenvalue weighted by molar-refractivity contribution is -0.144. The lowest BCUT2D eigenvalue weighted by atomic mass is 9.84. The van der Waals surface area contributed by atoms with Crippen LogP contribution in [0.4, 0.5) is 4.39 Å². The van der Waals surface area contributed by atoms with Crippen molar-refractivity contribution in [2.75, 3.05) is 26.9 Å². The van der Waals surface area contributed by atoms with Gasteiger partial charge in [0.25, 0.3) is 6.47 Å². The highest BCUT2D eigenvalue weighted by molar-refractivity contribution is 5.65. The number of carboxylic acid groups (broad SMARTS) is 1. The molecule has 2 aromatic rings. The third-order valence-electron chi connectivity index (χ3n) is 5.35. The van der Waals surface area contributed by atoms with Gasteiger partial charge >= 0.3 is 0 Å². The summed E-state index contributed by atoms with van der Waals surface area (Å²) < 4.78 is 33.2. The van der Waals surface area contributed by atoms with Crippen molar-refractivity contribution < 1.29 is 28.5 Å². The van der Waals surface area contributed by atoms with Gasteiger partial charge in [-0.3, -0.25) is 4.79 Å². The number of rotatable bonds is 3. The molecule has 1 atom stereocenters. The fourth-order valence-electron chi connectivity index (χ4n) is 4.04. The predicted octanol–water partition coefficient (Wildman–Crippen LogP) is 3.30. The number of nitrogens with zero attached hydrogens (tertiary/aromatic N) is 2. The van der Waals surface area contributed by atoms with Crippen LogP contribution >= 0.6 is 0 Å². The zero-order valence-corrected chi connectivity index (χ0v) is 15.8. The number of hydrogen-bond donors (Lipinski definition) is 1. The molecule has 0 bridgehead atoms. The van der Waals surface area contributed by atoms with Gasteiger partial charge in [0.05, 0.1) is 18.3 Å². The highest BCUT2D eigenvalue weighted by atomic mass is 19.1. The largest absolute Gasteiger partial charge is 0.493 e. The van der Waals surface area contributed by atoms with Crippen molar-refractivity contribution in [2.45, 2.75) is 37.3 Å². The van der Waals surface area contributed by atoms with Gasteiger partial charge in [0, 0.05) is 38.3 Å². The van der Waals surface area contributed by atoms with Crippen LogP contribution in [-0.2, 0) is 14.3 Å². The van der Waals surface area contributed by atoms with E-state index in [1.54, 1.807) is 12.3 Å². The Morgan fingerprint density at radius 2 is 2.11 bits per heavy atom. The first-order valence-corrected chi connectivity index (χ1v) is 9.29. The van der Waals surface area contributed by atoms with Gasteiger partial charge in [0.2, 0.25) is 0 Å². The molecule has 0 radical (unpaired) electrons. The minimum absolute atomic E-state index is 0.102. The summed E-state index contributed by atoms with van der Waals surface area (Å²) in [4.78, 5) is 12.9. The summed E-state index contributed by atoms with van der Waals surface area (Å²) in [5.74, 6) is 0.607. The second-order valence-electron chi connectivity index (χ2n) is 6.87. The van der Waals surface area contributed by atoms with Crippen LogP contribution in [0.2, 0.25) is 0 Å². The van der Waals surface area contributed by atoms with Crippen LogP contribution in [0.25, 0.3) is 11.4 Å². The summed E-state index contributed by atoms with van der Waals surface area (Å²) in [6.45, 7) is 1.98. The molecule has 1 unspecified atom stereocenters. The summed E-state index contributed by atoms with van der Waals surface area (Å²) in [5.41, 5.74) is 0.578. The highest BCUT2D eigenvalue weighted by Gasteiger charge is 2.40. The lowest BCUT2D eigenvalue weighted by Crippen LogP contribution is -2.44. The van der Waals surface area contributed by atoms with E-state index in [1.807, 2.05) is 12.3 Å². The number of benzene rings is 1. The number of ether oxygens (including phenoxy) is 3. The minimum Gasteiger partial charge on any atom is -0.493 e. The van der Waals surface area contributed by atoms with Crippen LogP contribution < -0.4 is 4.74 Å². The van der Waals surface area contributed by atoms with Gasteiger partial charge in [-0.15, -0.1) is 0 Å². The first-order chi connectivity index (χ1) is 13.6. The van der Waals surface area contributed by atoms with Crippen LogP contribution in [0, 0.1) is 5.82 Å².